The summed E-state index contributed by atoms with van der Waals surface area (Å²) in [5.74, 6) is 0.296. The van der Waals surface area contributed by atoms with Crippen LogP contribution in [0.5, 0.6) is 0 Å². The number of nitrogens with zero attached hydrogens (tertiary/aromatic N) is 2. The van der Waals surface area contributed by atoms with E-state index in [1.54, 1.807) is 13.2 Å². The van der Waals surface area contributed by atoms with Gasteiger partial charge in [0.1, 0.15) is 0 Å². The monoisotopic (exact) mass is 254 g/mol. The zero-order valence-corrected chi connectivity index (χ0v) is 11.3. The van der Waals surface area contributed by atoms with Gasteiger partial charge in [-0.15, -0.1) is 0 Å². The van der Waals surface area contributed by atoms with Gasteiger partial charge >= 0.3 is 0 Å². The molecule has 0 aliphatic rings. The van der Waals surface area contributed by atoms with Gasteiger partial charge in [0.15, 0.2) is 5.69 Å². The van der Waals surface area contributed by atoms with Gasteiger partial charge in [0.2, 0.25) is 0 Å². The predicted molar refractivity (Wildman–Crippen MR) is 70.2 cm³/mol. The van der Waals surface area contributed by atoms with Gasteiger partial charge in [-0.3, -0.25) is 9.48 Å². The number of aryl methyl sites for hydroxylation is 1. The molecule has 0 aliphatic carbocycles. The number of carbonyl (C=O) groups excluding carboxylic acids is 1. The molecule has 6 heteroatoms. The SMILES string of the molecule is CC(C)COCCCNC(=O)c1nn(C)cc1N. The Morgan fingerprint density at radius 3 is 2.89 bits per heavy atom. The van der Waals surface area contributed by atoms with E-state index in [9.17, 15) is 4.79 Å². The van der Waals surface area contributed by atoms with Gasteiger partial charge < -0.3 is 15.8 Å². The fourth-order valence-corrected chi connectivity index (χ4v) is 1.46. The van der Waals surface area contributed by atoms with Crippen molar-refractivity contribution in [2.75, 3.05) is 25.5 Å². The van der Waals surface area contributed by atoms with Crippen molar-refractivity contribution in [3.8, 4) is 0 Å². The average molecular weight is 254 g/mol. The topological polar surface area (TPSA) is 82.2 Å². The molecule has 0 spiro atoms. The summed E-state index contributed by atoms with van der Waals surface area (Å²) < 4.78 is 6.94. The van der Waals surface area contributed by atoms with Crippen LogP contribution in [0.2, 0.25) is 0 Å². The summed E-state index contributed by atoms with van der Waals surface area (Å²) in [6.45, 7) is 6.17. The lowest BCUT2D eigenvalue weighted by molar-refractivity contribution is 0.0920. The van der Waals surface area contributed by atoms with Crippen molar-refractivity contribution in [1.82, 2.24) is 15.1 Å². The standard InChI is InChI=1S/C12H22N4O2/c1-9(2)8-18-6-4-5-14-12(17)11-10(13)7-16(3)15-11/h7,9H,4-6,8,13H2,1-3H3,(H,14,17). The Bertz CT molecular complexity index is 387. The molecule has 0 aromatic carbocycles. The molecule has 0 atom stereocenters. The molecule has 0 bridgehead atoms. The average Bonchev–Trinajstić information content (AvgIpc) is 2.62. The fourth-order valence-electron chi connectivity index (χ4n) is 1.46. The van der Waals surface area contributed by atoms with Crippen LogP contribution in [0.25, 0.3) is 0 Å². The third-order valence-corrected chi connectivity index (χ3v) is 2.27. The number of ether oxygens (including phenoxy) is 1. The molecule has 0 radical (unpaired) electrons. The van der Waals surface area contributed by atoms with Crippen LogP contribution in [0.3, 0.4) is 0 Å². The summed E-state index contributed by atoms with van der Waals surface area (Å²) in [5, 5.41) is 6.76. The minimum atomic E-state index is -0.239. The lowest BCUT2D eigenvalue weighted by Gasteiger charge is -2.07. The van der Waals surface area contributed by atoms with E-state index in [1.165, 1.54) is 4.68 Å². The summed E-state index contributed by atoms with van der Waals surface area (Å²) in [4.78, 5) is 11.7. The highest BCUT2D eigenvalue weighted by Crippen LogP contribution is 2.07. The zero-order valence-electron chi connectivity index (χ0n) is 11.3. The Hall–Kier alpha value is -1.56. The lowest BCUT2D eigenvalue weighted by Crippen LogP contribution is -2.26. The Morgan fingerprint density at radius 2 is 2.33 bits per heavy atom. The largest absolute Gasteiger partial charge is 0.396 e. The van der Waals surface area contributed by atoms with Gasteiger partial charge in [-0.05, 0) is 12.3 Å². The number of nitrogen functional groups attached to an aromatic ring is 1. The summed E-state index contributed by atoms with van der Waals surface area (Å²) in [7, 11) is 1.73. The van der Waals surface area contributed by atoms with E-state index in [4.69, 9.17) is 10.5 Å². The first-order valence-corrected chi connectivity index (χ1v) is 6.15. The van der Waals surface area contributed by atoms with Gasteiger partial charge in [0.25, 0.3) is 5.91 Å². The highest BCUT2D eigenvalue weighted by molar-refractivity contribution is 5.96. The minimum absolute atomic E-state index is 0.239. The maximum atomic E-state index is 11.7. The molecule has 1 rings (SSSR count). The van der Waals surface area contributed by atoms with Crippen LogP contribution >= 0.6 is 0 Å². The number of anilines is 1. The molecule has 6 nitrogen and oxygen atoms in total. The van der Waals surface area contributed by atoms with E-state index in [0.29, 0.717) is 24.8 Å². The number of nitrogens with one attached hydrogen (secondary N) is 1. The van der Waals surface area contributed by atoms with Gasteiger partial charge in [0.05, 0.1) is 5.69 Å². The molecule has 0 fully saturated rings. The van der Waals surface area contributed by atoms with E-state index >= 15 is 0 Å². The van der Waals surface area contributed by atoms with Crippen molar-refractivity contribution in [3.63, 3.8) is 0 Å². The molecular formula is C12H22N4O2. The molecular weight excluding hydrogens is 232 g/mol. The lowest BCUT2D eigenvalue weighted by atomic mass is 10.2. The number of hydrogen-bond donors (Lipinski definition) is 2. The number of aromatic nitrogens is 2. The highest BCUT2D eigenvalue weighted by Gasteiger charge is 2.12. The molecule has 1 heterocycles. The maximum absolute atomic E-state index is 11.7. The summed E-state index contributed by atoms with van der Waals surface area (Å²) in [5.41, 5.74) is 6.33. The Kier molecular flexibility index (Phi) is 5.64. The number of hydrogen-bond acceptors (Lipinski definition) is 4. The molecule has 0 aliphatic heterocycles. The van der Waals surface area contributed by atoms with Crippen LogP contribution in [-0.4, -0.2) is 35.4 Å². The quantitative estimate of drug-likeness (QED) is 0.705. The predicted octanol–water partition coefficient (Wildman–Crippen LogP) is 0.795. The van der Waals surface area contributed by atoms with Crippen molar-refractivity contribution < 1.29 is 9.53 Å². The molecule has 1 amide bonds. The van der Waals surface area contributed by atoms with Crippen LogP contribution < -0.4 is 11.1 Å². The maximum Gasteiger partial charge on any atom is 0.273 e. The first kappa shape index (κ1) is 14.5. The van der Waals surface area contributed by atoms with Gasteiger partial charge in [-0.2, -0.15) is 5.10 Å². The first-order chi connectivity index (χ1) is 8.50. The van der Waals surface area contributed by atoms with Crippen molar-refractivity contribution in [2.24, 2.45) is 13.0 Å². The van der Waals surface area contributed by atoms with Crippen LogP contribution in [0.4, 0.5) is 5.69 Å². The zero-order chi connectivity index (χ0) is 13.5. The van der Waals surface area contributed by atoms with Crippen molar-refractivity contribution >= 4 is 11.6 Å². The second-order valence-corrected chi connectivity index (χ2v) is 4.68. The third kappa shape index (κ3) is 4.75. The van der Waals surface area contributed by atoms with Crippen molar-refractivity contribution in [3.05, 3.63) is 11.9 Å². The van der Waals surface area contributed by atoms with E-state index in [-0.39, 0.29) is 11.6 Å². The van der Waals surface area contributed by atoms with Crippen molar-refractivity contribution in [2.45, 2.75) is 20.3 Å². The molecule has 1 aromatic rings. The molecule has 0 saturated heterocycles. The van der Waals surface area contributed by atoms with E-state index in [2.05, 4.69) is 24.3 Å². The minimum Gasteiger partial charge on any atom is -0.396 e. The number of rotatable bonds is 7. The van der Waals surface area contributed by atoms with Crippen LogP contribution in [-0.2, 0) is 11.8 Å². The Labute approximate surface area is 107 Å². The molecule has 3 N–H and O–H groups in total. The van der Waals surface area contributed by atoms with Gasteiger partial charge in [0, 0.05) is 33.0 Å². The summed E-state index contributed by atoms with van der Waals surface area (Å²) in [6, 6.07) is 0. The van der Waals surface area contributed by atoms with E-state index in [0.717, 1.165) is 13.0 Å². The smallest absolute Gasteiger partial charge is 0.273 e. The van der Waals surface area contributed by atoms with E-state index < -0.39 is 0 Å². The van der Waals surface area contributed by atoms with Crippen LogP contribution in [0.15, 0.2) is 6.20 Å². The number of carbonyl (C=O) groups is 1. The number of nitrogens with two attached hydrogens (primary N) is 1. The van der Waals surface area contributed by atoms with Gasteiger partial charge in [-0.1, -0.05) is 13.8 Å². The Morgan fingerprint density at radius 1 is 1.61 bits per heavy atom. The van der Waals surface area contributed by atoms with Crippen molar-refractivity contribution in [1.29, 1.82) is 0 Å². The number of amides is 1. The normalized spacial score (nSPS) is 10.9. The molecule has 102 valence electrons. The van der Waals surface area contributed by atoms with Crippen LogP contribution in [0, 0.1) is 5.92 Å². The molecule has 0 unspecified atom stereocenters. The van der Waals surface area contributed by atoms with Gasteiger partial charge in [-0.25, -0.2) is 0 Å². The third-order valence-electron chi connectivity index (χ3n) is 2.27. The molecule has 18 heavy (non-hydrogen) atoms. The highest BCUT2D eigenvalue weighted by atomic mass is 16.5. The fraction of sp³-hybridized carbons (Fsp3) is 0.667. The first-order valence-electron chi connectivity index (χ1n) is 6.15. The second kappa shape index (κ2) is 7.00. The molecule has 1 aromatic heterocycles. The Balaban J connectivity index is 2.20. The van der Waals surface area contributed by atoms with Crippen LogP contribution in [0.1, 0.15) is 30.8 Å². The summed E-state index contributed by atoms with van der Waals surface area (Å²) in [6.07, 6.45) is 2.39. The molecule has 0 saturated carbocycles. The second-order valence-electron chi connectivity index (χ2n) is 4.68. The summed E-state index contributed by atoms with van der Waals surface area (Å²) >= 11 is 0. The van der Waals surface area contributed by atoms with E-state index in [1.807, 2.05) is 0 Å².